The molecule has 1 atom stereocenters. The molecule has 0 aliphatic heterocycles. The molecule has 5 nitrogen and oxygen atoms in total. The number of aromatic nitrogens is 1. The highest BCUT2D eigenvalue weighted by Gasteiger charge is 2.34. The minimum absolute atomic E-state index is 0.171. The number of anilines is 2. The molecular formula is C20H16F4N4OS2. The average Bonchev–Trinajstić information content (AvgIpc) is 3.24. The fraction of sp³-hybridized carbons (Fsp3) is 0.150. The van der Waals surface area contributed by atoms with Crippen LogP contribution < -0.4 is 16.0 Å². The van der Waals surface area contributed by atoms with Crippen molar-refractivity contribution in [2.75, 3.05) is 10.6 Å². The van der Waals surface area contributed by atoms with Gasteiger partial charge in [0.1, 0.15) is 11.5 Å². The lowest BCUT2D eigenvalue weighted by Crippen LogP contribution is -2.31. The lowest BCUT2D eigenvalue weighted by Gasteiger charge is -2.19. The molecule has 0 spiro atoms. The van der Waals surface area contributed by atoms with Crippen LogP contribution in [0.1, 0.15) is 34.6 Å². The average molecular weight is 469 g/mol. The van der Waals surface area contributed by atoms with E-state index < -0.39 is 23.6 Å². The van der Waals surface area contributed by atoms with Gasteiger partial charge in [-0.1, -0.05) is 6.07 Å². The highest BCUT2D eigenvalue weighted by atomic mass is 32.1. The van der Waals surface area contributed by atoms with Gasteiger partial charge in [0.15, 0.2) is 5.11 Å². The van der Waals surface area contributed by atoms with Crippen molar-refractivity contribution in [2.45, 2.75) is 19.1 Å². The van der Waals surface area contributed by atoms with Crippen LogP contribution in [0.3, 0.4) is 0 Å². The zero-order valence-electron chi connectivity index (χ0n) is 16.0. The lowest BCUT2D eigenvalue weighted by atomic mass is 10.0. The molecule has 0 radical (unpaired) electrons. The summed E-state index contributed by atoms with van der Waals surface area (Å²) in [6.45, 7) is 1.61. The molecular weight excluding hydrogens is 452 g/mol. The predicted molar refractivity (Wildman–Crippen MR) is 116 cm³/mol. The van der Waals surface area contributed by atoms with Crippen molar-refractivity contribution in [3.63, 3.8) is 0 Å². The van der Waals surface area contributed by atoms with Gasteiger partial charge in [0.05, 0.1) is 17.1 Å². The van der Waals surface area contributed by atoms with Gasteiger partial charge in [-0.15, -0.1) is 11.3 Å². The normalized spacial score (nSPS) is 12.2. The summed E-state index contributed by atoms with van der Waals surface area (Å²) < 4.78 is 52.2. The lowest BCUT2D eigenvalue weighted by molar-refractivity contribution is -0.140. The second-order valence-corrected chi connectivity index (χ2v) is 7.59. The van der Waals surface area contributed by atoms with E-state index >= 15 is 0 Å². The quantitative estimate of drug-likeness (QED) is 0.336. The standard InChI is InChI=1S/C20H16F4N4OS2/c1-11(12-2-7-16(21)15(8-12)20(22,23)24)26-19(30)28-14-5-3-13(4-6-14)27-18(29)17-9-31-10-25-17/h2-11H,1H3,(H,27,29)(H2,26,28,30). The van der Waals surface area contributed by atoms with Gasteiger partial charge in [-0.05, 0) is 61.1 Å². The van der Waals surface area contributed by atoms with E-state index in [1.54, 1.807) is 42.1 Å². The molecule has 0 fully saturated rings. The number of benzene rings is 2. The van der Waals surface area contributed by atoms with Crippen LogP contribution in [0.4, 0.5) is 28.9 Å². The second kappa shape index (κ2) is 9.40. The monoisotopic (exact) mass is 468 g/mol. The molecule has 0 aliphatic rings. The number of alkyl halides is 3. The number of carbonyl (C=O) groups excluding carboxylic acids is 1. The number of thiocarbonyl (C=S) groups is 1. The molecule has 162 valence electrons. The Morgan fingerprint density at radius 3 is 2.32 bits per heavy atom. The first-order chi connectivity index (χ1) is 14.6. The van der Waals surface area contributed by atoms with Crippen LogP contribution in [0.15, 0.2) is 53.4 Å². The highest BCUT2D eigenvalue weighted by molar-refractivity contribution is 7.80. The third kappa shape index (κ3) is 5.98. The molecule has 0 saturated carbocycles. The zero-order valence-corrected chi connectivity index (χ0v) is 17.6. The molecule has 3 aromatic rings. The molecule has 3 rings (SSSR count). The van der Waals surface area contributed by atoms with Crippen molar-refractivity contribution in [1.82, 2.24) is 10.3 Å². The number of halogens is 4. The van der Waals surface area contributed by atoms with E-state index in [1.165, 1.54) is 17.4 Å². The van der Waals surface area contributed by atoms with Crippen LogP contribution in [-0.4, -0.2) is 16.0 Å². The first-order valence-corrected chi connectivity index (χ1v) is 10.2. The third-order valence-electron chi connectivity index (χ3n) is 4.21. The van der Waals surface area contributed by atoms with E-state index in [1.807, 2.05) is 0 Å². The topological polar surface area (TPSA) is 66.0 Å². The highest BCUT2D eigenvalue weighted by Crippen LogP contribution is 2.33. The first kappa shape index (κ1) is 22.6. The molecule has 0 bridgehead atoms. The van der Waals surface area contributed by atoms with Gasteiger partial charge in [-0.25, -0.2) is 9.37 Å². The number of hydrogen-bond donors (Lipinski definition) is 3. The van der Waals surface area contributed by atoms with Crippen molar-refractivity contribution < 1.29 is 22.4 Å². The summed E-state index contributed by atoms with van der Waals surface area (Å²) in [6.07, 6.45) is -4.78. The molecule has 1 amide bonds. The van der Waals surface area contributed by atoms with E-state index in [0.717, 1.165) is 12.1 Å². The molecule has 0 saturated heterocycles. The summed E-state index contributed by atoms with van der Waals surface area (Å²) in [5.41, 5.74) is 1.95. The van der Waals surface area contributed by atoms with Gasteiger partial charge in [0.2, 0.25) is 0 Å². The minimum Gasteiger partial charge on any atom is -0.356 e. The molecule has 3 N–H and O–H groups in total. The van der Waals surface area contributed by atoms with E-state index in [4.69, 9.17) is 12.2 Å². The summed E-state index contributed by atoms with van der Waals surface area (Å²) in [6, 6.07) is 8.89. The summed E-state index contributed by atoms with van der Waals surface area (Å²) in [5, 5.41) is 10.3. The van der Waals surface area contributed by atoms with Gasteiger partial charge in [0.25, 0.3) is 5.91 Å². The maximum Gasteiger partial charge on any atom is 0.419 e. The van der Waals surface area contributed by atoms with Crippen molar-refractivity contribution in [2.24, 2.45) is 0 Å². The first-order valence-electron chi connectivity index (χ1n) is 8.87. The number of thiazole rings is 1. The largest absolute Gasteiger partial charge is 0.419 e. The van der Waals surface area contributed by atoms with Crippen molar-refractivity contribution in [3.8, 4) is 0 Å². The fourth-order valence-corrected chi connectivity index (χ4v) is 3.46. The van der Waals surface area contributed by atoms with Crippen LogP contribution >= 0.6 is 23.6 Å². The van der Waals surface area contributed by atoms with Crippen LogP contribution in [-0.2, 0) is 6.18 Å². The SMILES string of the molecule is CC(NC(=S)Nc1ccc(NC(=O)c2cscn2)cc1)c1ccc(F)c(C(F)(F)F)c1. The number of hydrogen-bond acceptors (Lipinski definition) is 4. The maximum atomic E-state index is 13.5. The number of nitrogens with zero attached hydrogens (tertiary/aromatic N) is 1. The van der Waals surface area contributed by atoms with Gasteiger partial charge < -0.3 is 16.0 Å². The van der Waals surface area contributed by atoms with Crippen LogP contribution in [0.25, 0.3) is 0 Å². The van der Waals surface area contributed by atoms with Crippen molar-refractivity contribution >= 4 is 45.9 Å². The van der Waals surface area contributed by atoms with Crippen LogP contribution in [0.5, 0.6) is 0 Å². The Labute approximate surface area is 184 Å². The third-order valence-corrected chi connectivity index (χ3v) is 5.02. The van der Waals surface area contributed by atoms with Crippen LogP contribution in [0.2, 0.25) is 0 Å². The number of nitrogens with one attached hydrogen (secondary N) is 3. The second-order valence-electron chi connectivity index (χ2n) is 6.46. The fourth-order valence-electron chi connectivity index (χ4n) is 2.63. The van der Waals surface area contributed by atoms with Gasteiger partial charge in [-0.2, -0.15) is 13.2 Å². The molecule has 11 heteroatoms. The number of carbonyl (C=O) groups is 1. The molecule has 1 aromatic heterocycles. The Morgan fingerprint density at radius 1 is 1.10 bits per heavy atom. The molecule has 31 heavy (non-hydrogen) atoms. The summed E-state index contributed by atoms with van der Waals surface area (Å²) in [7, 11) is 0. The Bertz CT molecular complexity index is 1070. The number of rotatable bonds is 5. The predicted octanol–water partition coefficient (Wildman–Crippen LogP) is 5.60. The van der Waals surface area contributed by atoms with E-state index in [0.29, 0.717) is 17.1 Å². The van der Waals surface area contributed by atoms with E-state index in [-0.39, 0.29) is 16.6 Å². The Hall–Kier alpha value is -3.05. The van der Waals surface area contributed by atoms with E-state index in [9.17, 15) is 22.4 Å². The minimum atomic E-state index is -4.78. The Morgan fingerprint density at radius 2 is 1.74 bits per heavy atom. The molecule has 1 heterocycles. The smallest absolute Gasteiger partial charge is 0.356 e. The Kier molecular flexibility index (Phi) is 6.86. The maximum absolute atomic E-state index is 13.5. The molecule has 2 aromatic carbocycles. The van der Waals surface area contributed by atoms with Crippen LogP contribution in [0, 0.1) is 5.82 Å². The van der Waals surface area contributed by atoms with Crippen molar-refractivity contribution in [1.29, 1.82) is 0 Å². The number of amides is 1. The molecule has 1 unspecified atom stereocenters. The zero-order chi connectivity index (χ0) is 22.6. The summed E-state index contributed by atoms with van der Waals surface area (Å²) in [4.78, 5) is 15.9. The van der Waals surface area contributed by atoms with Gasteiger partial charge >= 0.3 is 6.18 Å². The van der Waals surface area contributed by atoms with Gasteiger partial charge in [0, 0.05) is 16.8 Å². The molecule has 0 aliphatic carbocycles. The Balaban J connectivity index is 1.58. The van der Waals surface area contributed by atoms with Crippen molar-refractivity contribution in [3.05, 3.63) is 76.0 Å². The van der Waals surface area contributed by atoms with Gasteiger partial charge in [-0.3, -0.25) is 4.79 Å². The van der Waals surface area contributed by atoms with E-state index in [2.05, 4.69) is 20.9 Å². The summed E-state index contributed by atoms with van der Waals surface area (Å²) >= 11 is 6.52. The summed E-state index contributed by atoms with van der Waals surface area (Å²) in [5.74, 6) is -1.66.